The molecule has 2 heteroatoms. The van der Waals surface area contributed by atoms with Crippen LogP contribution in [0.25, 0.3) is 66.1 Å². The summed E-state index contributed by atoms with van der Waals surface area (Å²) < 4.78 is 0. The van der Waals surface area contributed by atoms with Gasteiger partial charge >= 0.3 is 0 Å². The molecule has 1 atom stereocenters. The standard InChI is InChI=1S/C72H50N2/c1-71(2)64-30-16-13-25-57(64)59-43-41-54(46-68(59)71)73(49-21-7-4-8-22-49)51-37-39-52(40-38-51)74(50-35-33-48(34-36-50)47-19-5-3-6-20-47)53-42-44-67-63(45-53)58-26-14-17-31-65(58)72(67)66-32-18-15-29-62(66)69-60-27-11-9-23-55(60)56-24-10-12-28-61(56)70(69)72/h3-46H,1-2H3. The Morgan fingerprint density at radius 2 is 0.662 bits per heavy atom. The summed E-state index contributed by atoms with van der Waals surface area (Å²) in [5, 5.41) is 5.20. The first-order valence-corrected chi connectivity index (χ1v) is 25.9. The molecule has 0 fully saturated rings. The molecule has 0 saturated heterocycles. The molecule has 0 radical (unpaired) electrons. The number of hydrogen-bond acceptors (Lipinski definition) is 2. The molecule has 3 aliphatic rings. The van der Waals surface area contributed by atoms with Crippen LogP contribution >= 0.6 is 0 Å². The first-order chi connectivity index (χ1) is 36.5. The van der Waals surface area contributed by atoms with Gasteiger partial charge in [-0.3, -0.25) is 0 Å². The molecule has 74 heavy (non-hydrogen) atoms. The highest BCUT2D eigenvalue weighted by Gasteiger charge is 2.53. The summed E-state index contributed by atoms with van der Waals surface area (Å²) in [7, 11) is 0. The SMILES string of the molecule is CC1(C)c2ccccc2-c2ccc(N(c3ccccc3)c3ccc(N(c4ccc(-c5ccccc5)cc4)c4ccc5c(c4)-c4ccccc4C54c5ccccc5-c5c4c4ccccc4c4ccccc54)cc3)cc21. The fourth-order valence-electron chi connectivity index (χ4n) is 13.4. The number of fused-ring (bicyclic) bond motifs is 18. The van der Waals surface area contributed by atoms with Crippen molar-refractivity contribution in [3.05, 3.63) is 300 Å². The summed E-state index contributed by atoms with van der Waals surface area (Å²) in [6.45, 7) is 4.72. The maximum atomic E-state index is 2.46. The molecule has 0 aliphatic heterocycles. The monoisotopic (exact) mass is 942 g/mol. The highest BCUT2D eigenvalue weighted by atomic mass is 15.2. The fraction of sp³-hybridized carbons (Fsp3) is 0.0556. The predicted octanol–water partition coefficient (Wildman–Crippen LogP) is 19.2. The van der Waals surface area contributed by atoms with Crippen molar-refractivity contribution >= 4 is 55.7 Å². The van der Waals surface area contributed by atoms with E-state index in [9.17, 15) is 0 Å². The van der Waals surface area contributed by atoms with Crippen LogP contribution in [0.5, 0.6) is 0 Å². The van der Waals surface area contributed by atoms with Gasteiger partial charge in [-0.2, -0.15) is 0 Å². The molecule has 1 spiro atoms. The highest BCUT2D eigenvalue weighted by Crippen LogP contribution is 2.66. The average Bonchev–Trinajstić information content (AvgIpc) is 4.20. The molecule has 12 aromatic carbocycles. The maximum absolute atomic E-state index is 2.46. The Labute approximate surface area is 432 Å². The Bertz CT molecular complexity index is 4210. The zero-order chi connectivity index (χ0) is 49.1. The van der Waals surface area contributed by atoms with E-state index in [0.717, 1.165) is 34.1 Å². The van der Waals surface area contributed by atoms with Gasteiger partial charge in [-0.15, -0.1) is 0 Å². The molecule has 0 amide bonds. The summed E-state index contributed by atoms with van der Waals surface area (Å²) in [5.41, 5.74) is 24.3. The lowest BCUT2D eigenvalue weighted by atomic mass is 9.69. The Kier molecular flexibility index (Phi) is 9.25. The predicted molar refractivity (Wildman–Crippen MR) is 310 cm³/mol. The van der Waals surface area contributed by atoms with Crippen LogP contribution in [0.4, 0.5) is 34.1 Å². The van der Waals surface area contributed by atoms with Crippen LogP contribution in [-0.2, 0) is 10.8 Å². The number of para-hydroxylation sites is 1. The second-order valence-corrected chi connectivity index (χ2v) is 20.7. The minimum Gasteiger partial charge on any atom is -0.310 e. The van der Waals surface area contributed by atoms with Crippen molar-refractivity contribution < 1.29 is 0 Å². The van der Waals surface area contributed by atoms with E-state index in [1.54, 1.807) is 0 Å². The van der Waals surface area contributed by atoms with E-state index in [4.69, 9.17) is 0 Å². The van der Waals surface area contributed by atoms with Crippen LogP contribution < -0.4 is 9.80 Å². The number of nitrogens with zero attached hydrogens (tertiary/aromatic N) is 2. The van der Waals surface area contributed by atoms with E-state index in [0.29, 0.717) is 0 Å². The molecule has 0 saturated carbocycles. The van der Waals surface area contributed by atoms with Crippen LogP contribution in [-0.4, -0.2) is 0 Å². The topological polar surface area (TPSA) is 6.48 Å². The zero-order valence-electron chi connectivity index (χ0n) is 41.3. The number of rotatable bonds is 7. The third kappa shape index (κ3) is 6.00. The van der Waals surface area contributed by atoms with Gasteiger partial charge in [0, 0.05) is 39.5 Å². The lowest BCUT2D eigenvalue weighted by Gasteiger charge is -2.32. The molecule has 0 N–H and O–H groups in total. The van der Waals surface area contributed by atoms with Gasteiger partial charge in [0.15, 0.2) is 0 Å². The van der Waals surface area contributed by atoms with E-state index in [-0.39, 0.29) is 5.41 Å². The molecule has 2 nitrogen and oxygen atoms in total. The largest absolute Gasteiger partial charge is 0.310 e. The normalized spacial score (nSPS) is 15.1. The second-order valence-electron chi connectivity index (χ2n) is 20.7. The smallest absolute Gasteiger partial charge is 0.0731 e. The lowest BCUT2D eigenvalue weighted by molar-refractivity contribution is 0.660. The number of anilines is 6. The van der Waals surface area contributed by atoms with Gasteiger partial charge in [0.05, 0.1) is 5.41 Å². The van der Waals surface area contributed by atoms with Gasteiger partial charge < -0.3 is 9.80 Å². The van der Waals surface area contributed by atoms with Crippen LogP contribution in [0.1, 0.15) is 47.2 Å². The van der Waals surface area contributed by atoms with Crippen LogP contribution in [0.3, 0.4) is 0 Å². The summed E-state index contributed by atoms with van der Waals surface area (Å²) in [6.07, 6.45) is 0. The minimum atomic E-state index is -0.514. The highest BCUT2D eigenvalue weighted by molar-refractivity contribution is 6.20. The van der Waals surface area contributed by atoms with Gasteiger partial charge in [0.1, 0.15) is 0 Å². The van der Waals surface area contributed by atoms with Crippen molar-refractivity contribution in [2.75, 3.05) is 9.80 Å². The van der Waals surface area contributed by atoms with Gasteiger partial charge in [-0.1, -0.05) is 208 Å². The van der Waals surface area contributed by atoms with E-state index >= 15 is 0 Å². The molecule has 3 aliphatic carbocycles. The Balaban J connectivity index is 0.910. The molecule has 12 aromatic rings. The van der Waals surface area contributed by atoms with Crippen molar-refractivity contribution in [1.29, 1.82) is 0 Å². The van der Waals surface area contributed by atoms with Gasteiger partial charge in [0.2, 0.25) is 0 Å². The zero-order valence-corrected chi connectivity index (χ0v) is 41.3. The molecule has 348 valence electrons. The third-order valence-corrected chi connectivity index (χ3v) is 16.6. The maximum Gasteiger partial charge on any atom is 0.0731 e. The fourth-order valence-corrected chi connectivity index (χ4v) is 13.4. The van der Waals surface area contributed by atoms with E-state index in [1.165, 1.54) is 99.4 Å². The summed E-state index contributed by atoms with van der Waals surface area (Å²) in [4.78, 5) is 4.84. The van der Waals surface area contributed by atoms with Crippen LogP contribution in [0.2, 0.25) is 0 Å². The van der Waals surface area contributed by atoms with Crippen LogP contribution in [0.15, 0.2) is 267 Å². The van der Waals surface area contributed by atoms with E-state index in [2.05, 4.69) is 291 Å². The molecular weight excluding hydrogens is 893 g/mol. The molecule has 0 heterocycles. The lowest BCUT2D eigenvalue weighted by Crippen LogP contribution is -2.26. The Morgan fingerprint density at radius 3 is 1.32 bits per heavy atom. The van der Waals surface area contributed by atoms with Crippen LogP contribution in [0, 0.1) is 0 Å². The van der Waals surface area contributed by atoms with Crippen molar-refractivity contribution in [2.24, 2.45) is 0 Å². The second kappa shape index (κ2) is 16.1. The van der Waals surface area contributed by atoms with E-state index < -0.39 is 5.41 Å². The van der Waals surface area contributed by atoms with Gasteiger partial charge in [0.25, 0.3) is 0 Å². The molecule has 15 rings (SSSR count). The Hall–Kier alpha value is -9.24. The van der Waals surface area contributed by atoms with Gasteiger partial charge in [-0.05, 0) is 172 Å². The van der Waals surface area contributed by atoms with Gasteiger partial charge in [-0.25, -0.2) is 0 Å². The van der Waals surface area contributed by atoms with Crippen molar-refractivity contribution in [3.8, 4) is 44.5 Å². The average molecular weight is 943 g/mol. The summed E-state index contributed by atoms with van der Waals surface area (Å²) in [5.74, 6) is 0. The van der Waals surface area contributed by atoms with Crippen molar-refractivity contribution in [3.63, 3.8) is 0 Å². The molecular formula is C72H50N2. The summed E-state index contributed by atoms with van der Waals surface area (Å²) >= 11 is 0. The Morgan fingerprint density at radius 1 is 0.257 bits per heavy atom. The molecule has 0 aromatic heterocycles. The third-order valence-electron chi connectivity index (χ3n) is 16.6. The number of benzene rings is 12. The molecule has 1 unspecified atom stereocenters. The number of hydrogen-bond donors (Lipinski definition) is 0. The first-order valence-electron chi connectivity index (χ1n) is 25.9. The van der Waals surface area contributed by atoms with Crippen molar-refractivity contribution in [1.82, 2.24) is 0 Å². The molecule has 0 bridgehead atoms. The first kappa shape index (κ1) is 42.4. The van der Waals surface area contributed by atoms with E-state index in [1.807, 2.05) is 0 Å². The summed E-state index contributed by atoms with van der Waals surface area (Å²) in [6, 6.07) is 99.4. The van der Waals surface area contributed by atoms with Crippen molar-refractivity contribution in [2.45, 2.75) is 24.7 Å². The quantitative estimate of drug-likeness (QED) is 0.147. The minimum absolute atomic E-state index is 0.118.